The minimum absolute atomic E-state index is 0.980. The highest BCUT2D eigenvalue weighted by Gasteiger charge is 2.08. The van der Waals surface area contributed by atoms with Gasteiger partial charge in [-0.15, -0.1) is 35.8 Å². The van der Waals surface area contributed by atoms with Crippen LogP contribution in [0, 0.1) is 0 Å². The maximum absolute atomic E-state index is 3.78. The molecule has 0 saturated heterocycles. The van der Waals surface area contributed by atoms with Crippen molar-refractivity contribution >= 4 is 32.1 Å². The molecule has 0 atom stereocenters. The van der Waals surface area contributed by atoms with Crippen LogP contribution in [-0.2, 0) is 12.8 Å². The van der Waals surface area contributed by atoms with Gasteiger partial charge in [-0.1, -0.05) is 12.2 Å². The Morgan fingerprint density at radius 1 is 0.929 bits per heavy atom. The Morgan fingerprint density at radius 2 is 1.36 bits per heavy atom. The van der Waals surface area contributed by atoms with Crippen molar-refractivity contribution in [2.45, 2.75) is 12.8 Å². The van der Waals surface area contributed by atoms with Gasteiger partial charge in [0.15, 0.2) is 0 Å². The monoisotopic (exact) mass is 220 g/mol. The first-order valence-electron chi connectivity index (χ1n) is 4.55. The molecule has 2 rings (SSSR count). The summed E-state index contributed by atoms with van der Waals surface area (Å²) in [6, 6.07) is 0. The van der Waals surface area contributed by atoms with Gasteiger partial charge in [-0.3, -0.25) is 0 Å². The third-order valence-corrected chi connectivity index (χ3v) is 4.49. The average molecular weight is 220 g/mol. The van der Waals surface area contributed by atoms with E-state index in [1.807, 2.05) is 34.8 Å². The van der Waals surface area contributed by atoms with E-state index in [0.29, 0.717) is 0 Å². The maximum Gasteiger partial charge on any atom is 0.0488 e. The molecular weight excluding hydrogens is 208 g/mol. The van der Waals surface area contributed by atoms with Gasteiger partial charge in [-0.2, -0.15) is 0 Å². The standard InChI is InChI=1S/C12H12S2/c1-3-5-9-7-13-12-10(6-4-2)8-14-11(9)12/h3-4,7-8H,1-2,5-6H2. The van der Waals surface area contributed by atoms with Crippen molar-refractivity contribution in [2.75, 3.05) is 0 Å². The fourth-order valence-electron chi connectivity index (χ4n) is 1.51. The normalized spacial score (nSPS) is 10.6. The molecule has 0 aromatic carbocycles. The summed E-state index contributed by atoms with van der Waals surface area (Å²) in [5.74, 6) is 0. The summed E-state index contributed by atoms with van der Waals surface area (Å²) in [5.41, 5.74) is 2.83. The van der Waals surface area contributed by atoms with Crippen LogP contribution < -0.4 is 0 Å². The Hall–Kier alpha value is -0.860. The molecule has 0 aliphatic heterocycles. The second-order valence-corrected chi connectivity index (χ2v) is 4.93. The molecule has 0 fully saturated rings. The van der Waals surface area contributed by atoms with Crippen molar-refractivity contribution in [3.63, 3.8) is 0 Å². The summed E-state index contributed by atoms with van der Waals surface area (Å²) in [7, 11) is 0. The summed E-state index contributed by atoms with van der Waals surface area (Å²) in [4.78, 5) is 0. The molecule has 0 spiro atoms. The van der Waals surface area contributed by atoms with E-state index in [1.54, 1.807) is 0 Å². The van der Waals surface area contributed by atoms with Gasteiger partial charge in [-0.05, 0) is 34.7 Å². The highest BCUT2D eigenvalue weighted by atomic mass is 32.1. The fraction of sp³-hybridized carbons (Fsp3) is 0.167. The van der Waals surface area contributed by atoms with E-state index in [4.69, 9.17) is 0 Å². The lowest BCUT2D eigenvalue weighted by atomic mass is 10.2. The van der Waals surface area contributed by atoms with Crippen LogP contribution in [0.4, 0.5) is 0 Å². The Kier molecular flexibility index (Phi) is 2.85. The van der Waals surface area contributed by atoms with Crippen molar-refractivity contribution in [1.29, 1.82) is 0 Å². The van der Waals surface area contributed by atoms with Gasteiger partial charge in [0.05, 0.1) is 0 Å². The molecule has 14 heavy (non-hydrogen) atoms. The van der Waals surface area contributed by atoms with Gasteiger partial charge in [0.2, 0.25) is 0 Å². The van der Waals surface area contributed by atoms with Crippen molar-refractivity contribution in [2.24, 2.45) is 0 Å². The second kappa shape index (κ2) is 4.11. The predicted molar refractivity (Wildman–Crippen MR) is 67.5 cm³/mol. The summed E-state index contributed by atoms with van der Waals surface area (Å²) in [5, 5.41) is 4.49. The molecule has 0 N–H and O–H groups in total. The van der Waals surface area contributed by atoms with E-state index in [1.165, 1.54) is 20.5 Å². The van der Waals surface area contributed by atoms with Crippen LogP contribution in [0.2, 0.25) is 0 Å². The minimum Gasteiger partial charge on any atom is -0.142 e. The minimum atomic E-state index is 0.980. The van der Waals surface area contributed by atoms with E-state index in [0.717, 1.165) is 12.8 Å². The molecule has 2 aromatic rings. The van der Waals surface area contributed by atoms with E-state index in [-0.39, 0.29) is 0 Å². The Balaban J connectivity index is 2.48. The summed E-state index contributed by atoms with van der Waals surface area (Å²) < 4.78 is 2.87. The van der Waals surface area contributed by atoms with E-state index in [9.17, 15) is 0 Å². The number of hydrogen-bond donors (Lipinski definition) is 0. The van der Waals surface area contributed by atoms with Crippen molar-refractivity contribution in [1.82, 2.24) is 0 Å². The molecule has 72 valence electrons. The van der Waals surface area contributed by atoms with Gasteiger partial charge >= 0.3 is 0 Å². The third kappa shape index (κ3) is 1.56. The van der Waals surface area contributed by atoms with E-state index < -0.39 is 0 Å². The zero-order valence-corrected chi connectivity index (χ0v) is 9.59. The Bertz CT molecular complexity index is 416. The largest absolute Gasteiger partial charge is 0.142 e. The number of allylic oxidation sites excluding steroid dienone is 2. The van der Waals surface area contributed by atoms with Gasteiger partial charge in [0.1, 0.15) is 0 Å². The zero-order chi connectivity index (χ0) is 9.97. The van der Waals surface area contributed by atoms with Crippen molar-refractivity contribution in [3.8, 4) is 0 Å². The van der Waals surface area contributed by atoms with Crippen LogP contribution in [-0.4, -0.2) is 0 Å². The highest BCUT2D eigenvalue weighted by Crippen LogP contribution is 2.35. The van der Waals surface area contributed by atoms with Crippen LogP contribution in [0.5, 0.6) is 0 Å². The smallest absolute Gasteiger partial charge is 0.0488 e. The van der Waals surface area contributed by atoms with Gasteiger partial charge < -0.3 is 0 Å². The lowest BCUT2D eigenvalue weighted by Gasteiger charge is -1.88. The average Bonchev–Trinajstić information content (AvgIpc) is 2.72. The first-order chi connectivity index (χ1) is 6.86. The highest BCUT2D eigenvalue weighted by molar-refractivity contribution is 7.26. The lowest BCUT2D eigenvalue weighted by Crippen LogP contribution is -1.73. The molecule has 2 heterocycles. The second-order valence-electron chi connectivity index (χ2n) is 3.17. The quantitative estimate of drug-likeness (QED) is 0.669. The molecule has 0 radical (unpaired) electrons. The van der Waals surface area contributed by atoms with Crippen LogP contribution in [0.3, 0.4) is 0 Å². The Labute approximate surface area is 92.2 Å². The van der Waals surface area contributed by atoms with Crippen LogP contribution in [0.25, 0.3) is 9.40 Å². The Morgan fingerprint density at radius 3 is 1.71 bits per heavy atom. The third-order valence-electron chi connectivity index (χ3n) is 2.16. The topological polar surface area (TPSA) is 0 Å². The molecular formula is C12H12S2. The number of rotatable bonds is 4. The van der Waals surface area contributed by atoms with Crippen molar-refractivity contribution < 1.29 is 0 Å². The van der Waals surface area contributed by atoms with E-state index in [2.05, 4.69) is 23.9 Å². The molecule has 0 unspecified atom stereocenters. The fourth-order valence-corrected chi connectivity index (χ4v) is 3.96. The van der Waals surface area contributed by atoms with Gasteiger partial charge in [0.25, 0.3) is 0 Å². The SMILES string of the molecule is C=CCc1csc2c(CC=C)csc12. The summed E-state index contributed by atoms with van der Waals surface area (Å²) in [6.07, 6.45) is 5.89. The lowest BCUT2D eigenvalue weighted by molar-refractivity contribution is 1.33. The van der Waals surface area contributed by atoms with Crippen LogP contribution in [0.1, 0.15) is 11.1 Å². The molecule has 0 saturated carbocycles. The van der Waals surface area contributed by atoms with Crippen LogP contribution in [0.15, 0.2) is 36.1 Å². The predicted octanol–water partition coefficient (Wildman–Crippen LogP) is 4.42. The molecule has 0 aliphatic carbocycles. The first kappa shape index (κ1) is 9.69. The summed E-state index contributed by atoms with van der Waals surface area (Å²) >= 11 is 3.68. The number of thiophene rings is 2. The van der Waals surface area contributed by atoms with Crippen LogP contribution >= 0.6 is 22.7 Å². The van der Waals surface area contributed by atoms with E-state index >= 15 is 0 Å². The zero-order valence-electron chi connectivity index (χ0n) is 7.95. The first-order valence-corrected chi connectivity index (χ1v) is 6.31. The molecule has 0 bridgehead atoms. The molecule has 0 aliphatic rings. The molecule has 0 amide bonds. The molecule has 0 nitrogen and oxygen atoms in total. The summed E-state index contributed by atoms with van der Waals surface area (Å²) in [6.45, 7) is 7.56. The van der Waals surface area contributed by atoms with Gasteiger partial charge in [-0.25, -0.2) is 0 Å². The number of fused-ring (bicyclic) bond motifs is 1. The maximum atomic E-state index is 3.78. The van der Waals surface area contributed by atoms with Crippen molar-refractivity contribution in [3.05, 3.63) is 47.2 Å². The molecule has 2 heteroatoms. The molecule has 2 aromatic heterocycles. The number of hydrogen-bond acceptors (Lipinski definition) is 2. The van der Waals surface area contributed by atoms with Gasteiger partial charge in [0, 0.05) is 9.40 Å².